The number of benzene rings is 1. The predicted octanol–water partition coefficient (Wildman–Crippen LogP) is 4.02. The number of ether oxygens (including phenoxy) is 2. The van der Waals surface area contributed by atoms with Crippen LogP contribution in [0.3, 0.4) is 0 Å². The van der Waals surface area contributed by atoms with Gasteiger partial charge in [0.2, 0.25) is 0 Å². The molecule has 1 fully saturated rings. The highest BCUT2D eigenvalue weighted by Gasteiger charge is 2.35. The third-order valence-corrected chi connectivity index (χ3v) is 4.22. The quantitative estimate of drug-likeness (QED) is 0.858. The van der Waals surface area contributed by atoms with Gasteiger partial charge in [-0.15, -0.1) is 0 Å². The van der Waals surface area contributed by atoms with Gasteiger partial charge in [-0.1, -0.05) is 20.8 Å². The molecule has 0 radical (unpaired) electrons. The lowest BCUT2D eigenvalue weighted by Gasteiger charge is -2.41. The summed E-state index contributed by atoms with van der Waals surface area (Å²) in [6.07, 6.45) is 3.78. The van der Waals surface area contributed by atoms with E-state index in [1.807, 2.05) is 31.2 Å². The zero-order chi connectivity index (χ0) is 15.3. The molecule has 0 bridgehead atoms. The summed E-state index contributed by atoms with van der Waals surface area (Å²) in [7, 11) is 0. The molecule has 1 aromatic carbocycles. The topological polar surface area (TPSA) is 30.5 Å². The van der Waals surface area contributed by atoms with Crippen LogP contribution in [0.15, 0.2) is 24.3 Å². The second kappa shape index (κ2) is 7.17. The number of nitrogens with one attached hydrogen (secondary N) is 1. The van der Waals surface area contributed by atoms with Crippen LogP contribution in [0.25, 0.3) is 0 Å². The van der Waals surface area contributed by atoms with Crippen LogP contribution in [0.4, 0.5) is 0 Å². The first kappa shape index (κ1) is 16.2. The fourth-order valence-electron chi connectivity index (χ4n) is 3.10. The lowest BCUT2D eigenvalue weighted by Crippen LogP contribution is -2.49. The van der Waals surface area contributed by atoms with Crippen molar-refractivity contribution in [3.63, 3.8) is 0 Å². The Labute approximate surface area is 129 Å². The second-order valence-electron chi connectivity index (χ2n) is 6.63. The SMILES string of the molecule is CCNC1CCC(C)(C)CC1Oc1ccc(OCC)cc1. The van der Waals surface area contributed by atoms with Gasteiger partial charge in [-0.2, -0.15) is 0 Å². The number of rotatable bonds is 6. The monoisotopic (exact) mass is 291 g/mol. The summed E-state index contributed by atoms with van der Waals surface area (Å²) in [5.41, 5.74) is 0.363. The van der Waals surface area contributed by atoms with Crippen molar-refractivity contribution in [2.24, 2.45) is 5.41 Å². The maximum absolute atomic E-state index is 6.27. The molecule has 0 aromatic heterocycles. The van der Waals surface area contributed by atoms with Gasteiger partial charge in [0.25, 0.3) is 0 Å². The second-order valence-corrected chi connectivity index (χ2v) is 6.63. The molecule has 3 heteroatoms. The summed E-state index contributed by atoms with van der Waals surface area (Å²) < 4.78 is 11.7. The molecule has 0 saturated heterocycles. The molecule has 3 nitrogen and oxygen atoms in total. The van der Waals surface area contributed by atoms with Crippen LogP contribution >= 0.6 is 0 Å². The smallest absolute Gasteiger partial charge is 0.120 e. The highest BCUT2D eigenvalue weighted by atomic mass is 16.5. The average Bonchev–Trinajstić information content (AvgIpc) is 2.44. The Hall–Kier alpha value is -1.22. The Kier molecular flexibility index (Phi) is 5.51. The molecule has 0 heterocycles. The van der Waals surface area contributed by atoms with Crippen LogP contribution < -0.4 is 14.8 Å². The van der Waals surface area contributed by atoms with Crippen molar-refractivity contribution >= 4 is 0 Å². The first-order valence-corrected chi connectivity index (χ1v) is 8.17. The van der Waals surface area contributed by atoms with Crippen molar-refractivity contribution in [3.8, 4) is 11.5 Å². The standard InChI is InChI=1S/C18H29NO2/c1-5-19-16-11-12-18(3,4)13-17(16)21-15-9-7-14(8-10-15)20-6-2/h7-10,16-17,19H,5-6,11-13H2,1-4H3. The largest absolute Gasteiger partial charge is 0.494 e. The third kappa shape index (κ3) is 4.63. The lowest BCUT2D eigenvalue weighted by molar-refractivity contribution is 0.0536. The van der Waals surface area contributed by atoms with Crippen LogP contribution in [-0.4, -0.2) is 25.3 Å². The summed E-state index contributed by atoms with van der Waals surface area (Å²) >= 11 is 0. The average molecular weight is 291 g/mol. The first-order valence-electron chi connectivity index (χ1n) is 8.17. The Morgan fingerprint density at radius 3 is 2.43 bits per heavy atom. The van der Waals surface area contributed by atoms with Gasteiger partial charge in [-0.25, -0.2) is 0 Å². The minimum atomic E-state index is 0.242. The molecule has 2 atom stereocenters. The number of hydrogen-bond donors (Lipinski definition) is 1. The van der Waals surface area contributed by atoms with Crippen molar-refractivity contribution in [2.45, 2.75) is 59.1 Å². The van der Waals surface area contributed by atoms with Crippen LogP contribution in [0.5, 0.6) is 11.5 Å². The van der Waals surface area contributed by atoms with E-state index in [0.717, 1.165) is 24.5 Å². The molecule has 2 rings (SSSR count). The van der Waals surface area contributed by atoms with E-state index in [1.165, 1.54) is 12.8 Å². The first-order chi connectivity index (χ1) is 10.0. The molecule has 0 spiro atoms. The van der Waals surface area contributed by atoms with E-state index in [2.05, 4.69) is 26.1 Å². The maximum atomic E-state index is 6.27. The molecular weight excluding hydrogens is 262 g/mol. The molecule has 0 aliphatic heterocycles. The molecule has 2 unspecified atom stereocenters. The van der Waals surface area contributed by atoms with E-state index in [4.69, 9.17) is 9.47 Å². The normalized spacial score (nSPS) is 24.6. The van der Waals surface area contributed by atoms with Gasteiger partial charge in [0.1, 0.15) is 17.6 Å². The maximum Gasteiger partial charge on any atom is 0.120 e. The van der Waals surface area contributed by atoms with Gasteiger partial charge in [0.15, 0.2) is 0 Å². The minimum Gasteiger partial charge on any atom is -0.494 e. The predicted molar refractivity (Wildman–Crippen MR) is 87.1 cm³/mol. The fourth-order valence-corrected chi connectivity index (χ4v) is 3.10. The summed E-state index contributed by atoms with van der Waals surface area (Å²) in [5, 5.41) is 3.57. The van der Waals surface area contributed by atoms with Crippen LogP contribution in [0.2, 0.25) is 0 Å². The van der Waals surface area contributed by atoms with E-state index >= 15 is 0 Å². The van der Waals surface area contributed by atoms with Crippen molar-refractivity contribution in [1.82, 2.24) is 5.32 Å². The van der Waals surface area contributed by atoms with Gasteiger partial charge in [0, 0.05) is 6.04 Å². The highest BCUT2D eigenvalue weighted by molar-refractivity contribution is 5.31. The molecule has 1 N–H and O–H groups in total. The molecule has 1 saturated carbocycles. The molecule has 1 aliphatic rings. The third-order valence-electron chi connectivity index (χ3n) is 4.22. The van der Waals surface area contributed by atoms with Crippen LogP contribution in [-0.2, 0) is 0 Å². The van der Waals surface area contributed by atoms with Crippen molar-refractivity contribution in [2.75, 3.05) is 13.2 Å². The Balaban J connectivity index is 2.03. The Bertz CT molecular complexity index is 427. The zero-order valence-electron chi connectivity index (χ0n) is 13.8. The fraction of sp³-hybridized carbons (Fsp3) is 0.667. The van der Waals surface area contributed by atoms with Crippen LogP contribution in [0.1, 0.15) is 47.0 Å². The molecule has 1 aliphatic carbocycles. The minimum absolute atomic E-state index is 0.242. The van der Waals surface area contributed by atoms with E-state index in [0.29, 0.717) is 18.1 Å². The van der Waals surface area contributed by atoms with Gasteiger partial charge >= 0.3 is 0 Å². The van der Waals surface area contributed by atoms with Gasteiger partial charge < -0.3 is 14.8 Å². The van der Waals surface area contributed by atoms with Crippen molar-refractivity contribution in [3.05, 3.63) is 24.3 Å². The lowest BCUT2D eigenvalue weighted by atomic mass is 9.74. The Morgan fingerprint density at radius 2 is 1.81 bits per heavy atom. The van der Waals surface area contributed by atoms with Gasteiger partial charge in [-0.05, 0) is 62.4 Å². The summed E-state index contributed by atoms with van der Waals surface area (Å²) in [5.74, 6) is 1.83. The zero-order valence-corrected chi connectivity index (χ0v) is 13.8. The number of hydrogen-bond acceptors (Lipinski definition) is 3. The summed E-state index contributed by atoms with van der Waals surface area (Å²) in [4.78, 5) is 0. The van der Waals surface area contributed by atoms with Crippen molar-refractivity contribution in [1.29, 1.82) is 0 Å². The highest BCUT2D eigenvalue weighted by Crippen LogP contribution is 2.37. The van der Waals surface area contributed by atoms with Gasteiger partial charge in [0.05, 0.1) is 6.61 Å². The summed E-state index contributed by atoms with van der Waals surface area (Å²) in [6.45, 7) is 10.5. The van der Waals surface area contributed by atoms with Crippen molar-refractivity contribution < 1.29 is 9.47 Å². The molecular formula is C18H29NO2. The molecule has 0 amide bonds. The van der Waals surface area contributed by atoms with Gasteiger partial charge in [-0.3, -0.25) is 0 Å². The van der Waals surface area contributed by atoms with E-state index in [1.54, 1.807) is 0 Å². The summed E-state index contributed by atoms with van der Waals surface area (Å²) in [6, 6.07) is 8.43. The molecule has 1 aromatic rings. The van der Waals surface area contributed by atoms with Crippen LogP contribution in [0, 0.1) is 5.41 Å². The van der Waals surface area contributed by atoms with E-state index in [-0.39, 0.29) is 6.10 Å². The van der Waals surface area contributed by atoms with E-state index < -0.39 is 0 Å². The molecule has 21 heavy (non-hydrogen) atoms. The Morgan fingerprint density at radius 1 is 1.14 bits per heavy atom. The number of likely N-dealkylation sites (N-methyl/N-ethyl adjacent to an activating group) is 1. The van der Waals surface area contributed by atoms with E-state index in [9.17, 15) is 0 Å². The molecule has 118 valence electrons.